The molecule has 0 bridgehead atoms. The van der Waals surface area contributed by atoms with Crippen molar-refractivity contribution >= 4 is 29.7 Å². The van der Waals surface area contributed by atoms with Crippen LogP contribution in [0, 0.1) is 10.1 Å². The first-order valence-corrected chi connectivity index (χ1v) is 4.48. The average molecular weight is 268 g/mol. The molecule has 0 radical (unpaired) electrons. The molecule has 1 rings (SSSR count). The van der Waals surface area contributed by atoms with E-state index >= 15 is 0 Å². The minimum absolute atomic E-state index is 0. The summed E-state index contributed by atoms with van der Waals surface area (Å²) >= 11 is 5.62. The molecule has 5 N–H and O–H groups in total. The van der Waals surface area contributed by atoms with Crippen molar-refractivity contribution in [2.24, 2.45) is 11.5 Å². The van der Waals surface area contributed by atoms with Crippen molar-refractivity contribution in [3.8, 4) is 5.75 Å². The number of hydrogen-bond acceptors (Lipinski definition) is 5. The molecular formula is C8H11Cl2N3O3. The molecule has 0 aliphatic carbocycles. The van der Waals surface area contributed by atoms with E-state index in [1.54, 1.807) is 0 Å². The SMILES string of the molecule is Cl.NC[C@H](N)c1c([N+](=O)[O-])ccc(Cl)c1O. The number of nitrogens with two attached hydrogens (primary N) is 2. The highest BCUT2D eigenvalue weighted by Gasteiger charge is 2.24. The van der Waals surface area contributed by atoms with E-state index in [0.29, 0.717) is 0 Å². The first kappa shape index (κ1) is 14.9. The van der Waals surface area contributed by atoms with Crippen LogP contribution in [0.1, 0.15) is 11.6 Å². The molecule has 0 aliphatic heterocycles. The molecule has 0 heterocycles. The Morgan fingerprint density at radius 2 is 2.12 bits per heavy atom. The fourth-order valence-electron chi connectivity index (χ4n) is 1.21. The van der Waals surface area contributed by atoms with Crippen molar-refractivity contribution < 1.29 is 10.0 Å². The topological polar surface area (TPSA) is 115 Å². The Hall–Kier alpha value is -1.08. The van der Waals surface area contributed by atoms with E-state index in [4.69, 9.17) is 23.1 Å². The molecule has 0 amide bonds. The number of hydrogen-bond donors (Lipinski definition) is 3. The van der Waals surface area contributed by atoms with Crippen LogP contribution in [-0.4, -0.2) is 16.6 Å². The average Bonchev–Trinajstić information content (AvgIpc) is 2.20. The number of nitro groups is 1. The van der Waals surface area contributed by atoms with Crippen LogP contribution >= 0.6 is 24.0 Å². The molecule has 1 aromatic rings. The molecule has 0 aliphatic rings. The zero-order valence-electron chi connectivity index (χ0n) is 8.09. The fourth-order valence-corrected chi connectivity index (χ4v) is 1.38. The summed E-state index contributed by atoms with van der Waals surface area (Å²) in [6.07, 6.45) is 0. The quantitative estimate of drug-likeness (QED) is 0.565. The van der Waals surface area contributed by atoms with Crippen molar-refractivity contribution in [3.05, 3.63) is 32.8 Å². The normalized spacial score (nSPS) is 11.7. The number of rotatable bonds is 3. The summed E-state index contributed by atoms with van der Waals surface area (Å²) < 4.78 is 0. The Labute approximate surface area is 103 Å². The Morgan fingerprint density at radius 1 is 1.56 bits per heavy atom. The van der Waals surface area contributed by atoms with Crippen molar-refractivity contribution in [2.75, 3.05) is 6.54 Å². The zero-order valence-corrected chi connectivity index (χ0v) is 9.66. The zero-order chi connectivity index (χ0) is 11.6. The first-order chi connectivity index (χ1) is 6.99. The maximum absolute atomic E-state index is 10.7. The van der Waals surface area contributed by atoms with Gasteiger partial charge in [-0.3, -0.25) is 10.1 Å². The number of aromatic hydroxyl groups is 1. The monoisotopic (exact) mass is 267 g/mol. The van der Waals surface area contributed by atoms with Crippen molar-refractivity contribution in [1.29, 1.82) is 0 Å². The van der Waals surface area contributed by atoms with Crippen LogP contribution in [0.4, 0.5) is 5.69 Å². The number of phenols is 1. The molecule has 1 aromatic carbocycles. The number of benzene rings is 1. The predicted molar refractivity (Wildman–Crippen MR) is 63.0 cm³/mol. The summed E-state index contributed by atoms with van der Waals surface area (Å²) in [6, 6.07) is 1.61. The lowest BCUT2D eigenvalue weighted by Crippen LogP contribution is -2.22. The van der Waals surface area contributed by atoms with Crippen LogP contribution in [0.5, 0.6) is 5.75 Å². The van der Waals surface area contributed by atoms with E-state index in [1.807, 2.05) is 0 Å². The van der Waals surface area contributed by atoms with Crippen LogP contribution in [-0.2, 0) is 0 Å². The lowest BCUT2D eigenvalue weighted by molar-refractivity contribution is -0.385. The van der Waals surface area contributed by atoms with E-state index in [-0.39, 0.29) is 41.0 Å². The van der Waals surface area contributed by atoms with Crippen LogP contribution in [0.15, 0.2) is 12.1 Å². The lowest BCUT2D eigenvalue weighted by atomic mass is 10.0. The van der Waals surface area contributed by atoms with E-state index in [1.165, 1.54) is 12.1 Å². The van der Waals surface area contributed by atoms with Crippen LogP contribution < -0.4 is 11.5 Å². The summed E-state index contributed by atoms with van der Waals surface area (Å²) in [5, 5.41) is 20.2. The summed E-state index contributed by atoms with van der Waals surface area (Å²) in [6.45, 7) is -0.0191. The van der Waals surface area contributed by atoms with Gasteiger partial charge in [0.15, 0.2) is 0 Å². The molecule has 8 heteroatoms. The van der Waals surface area contributed by atoms with Gasteiger partial charge in [-0.05, 0) is 6.07 Å². The van der Waals surface area contributed by atoms with Gasteiger partial charge in [-0.1, -0.05) is 11.6 Å². The smallest absolute Gasteiger partial charge is 0.278 e. The highest BCUT2D eigenvalue weighted by molar-refractivity contribution is 6.32. The van der Waals surface area contributed by atoms with Gasteiger partial charge in [-0.25, -0.2) is 0 Å². The van der Waals surface area contributed by atoms with Gasteiger partial charge >= 0.3 is 0 Å². The molecule has 0 saturated heterocycles. The van der Waals surface area contributed by atoms with Gasteiger partial charge in [0, 0.05) is 12.6 Å². The van der Waals surface area contributed by atoms with Gasteiger partial charge in [0.25, 0.3) is 5.69 Å². The highest BCUT2D eigenvalue weighted by Crippen LogP contribution is 2.37. The number of halogens is 2. The summed E-state index contributed by atoms with van der Waals surface area (Å²) in [4.78, 5) is 10.0. The summed E-state index contributed by atoms with van der Waals surface area (Å²) in [5.74, 6) is -0.385. The third-order valence-corrected chi connectivity index (χ3v) is 2.27. The molecule has 0 saturated carbocycles. The fraction of sp³-hybridized carbons (Fsp3) is 0.250. The number of phenolic OH excluding ortho intramolecular Hbond substituents is 1. The molecule has 0 fully saturated rings. The van der Waals surface area contributed by atoms with E-state index in [9.17, 15) is 15.2 Å². The van der Waals surface area contributed by atoms with E-state index in [2.05, 4.69) is 0 Å². The van der Waals surface area contributed by atoms with Gasteiger partial charge in [0.1, 0.15) is 5.75 Å². The second-order valence-corrected chi connectivity index (χ2v) is 3.34. The van der Waals surface area contributed by atoms with Gasteiger partial charge in [0.2, 0.25) is 0 Å². The second-order valence-electron chi connectivity index (χ2n) is 2.93. The van der Waals surface area contributed by atoms with Gasteiger partial charge in [0.05, 0.1) is 21.6 Å². The van der Waals surface area contributed by atoms with Crippen molar-refractivity contribution in [1.82, 2.24) is 0 Å². The lowest BCUT2D eigenvalue weighted by Gasteiger charge is -2.12. The minimum atomic E-state index is -0.816. The molecule has 0 spiro atoms. The minimum Gasteiger partial charge on any atom is -0.506 e. The van der Waals surface area contributed by atoms with E-state index in [0.717, 1.165) is 0 Å². The van der Waals surface area contributed by atoms with Crippen LogP contribution in [0.3, 0.4) is 0 Å². The third-order valence-electron chi connectivity index (χ3n) is 1.97. The Kier molecular flexibility index (Phi) is 5.46. The Morgan fingerprint density at radius 3 is 2.56 bits per heavy atom. The Bertz CT molecular complexity index is 400. The predicted octanol–water partition coefficient (Wildman–Crippen LogP) is 1.33. The van der Waals surface area contributed by atoms with Gasteiger partial charge < -0.3 is 16.6 Å². The van der Waals surface area contributed by atoms with Crippen LogP contribution in [0.2, 0.25) is 5.02 Å². The Balaban J connectivity index is 0.00000225. The molecule has 1 atom stereocenters. The highest BCUT2D eigenvalue weighted by atomic mass is 35.5. The van der Waals surface area contributed by atoms with Gasteiger partial charge in [-0.2, -0.15) is 0 Å². The number of nitrogens with zero attached hydrogens (tertiary/aromatic N) is 1. The van der Waals surface area contributed by atoms with Crippen LogP contribution in [0.25, 0.3) is 0 Å². The third kappa shape index (κ3) is 2.73. The van der Waals surface area contributed by atoms with Crippen molar-refractivity contribution in [2.45, 2.75) is 6.04 Å². The summed E-state index contributed by atoms with van der Waals surface area (Å²) in [5.41, 5.74) is 10.5. The molecule has 90 valence electrons. The van der Waals surface area contributed by atoms with E-state index < -0.39 is 11.0 Å². The molecular weight excluding hydrogens is 257 g/mol. The molecule has 0 aromatic heterocycles. The molecule has 0 unspecified atom stereocenters. The maximum Gasteiger partial charge on any atom is 0.278 e. The molecule has 16 heavy (non-hydrogen) atoms. The number of nitro benzene ring substituents is 1. The summed E-state index contributed by atoms with van der Waals surface area (Å²) in [7, 11) is 0. The van der Waals surface area contributed by atoms with Gasteiger partial charge in [-0.15, -0.1) is 12.4 Å². The van der Waals surface area contributed by atoms with Crippen molar-refractivity contribution in [3.63, 3.8) is 0 Å². The second kappa shape index (κ2) is 5.86. The maximum atomic E-state index is 10.7. The standard InChI is InChI=1S/C8H10ClN3O3.ClH/c9-4-1-2-6(12(14)15)7(8(4)13)5(11)3-10;/h1-2,5,13H,3,10-11H2;1H/t5-;/m0./s1. The first-order valence-electron chi connectivity index (χ1n) is 4.10. The largest absolute Gasteiger partial charge is 0.506 e. The molecule has 6 nitrogen and oxygen atoms in total.